The quantitative estimate of drug-likeness (QED) is 0.689. The monoisotopic (exact) mass is 357 g/mol. The molecule has 0 saturated carbocycles. The largest absolute Gasteiger partial charge is 0.493 e. The van der Waals surface area contributed by atoms with E-state index in [2.05, 4.69) is 19.2 Å². The second kappa shape index (κ2) is 10.4. The molecular formula is C18H28ClNO4. The van der Waals surface area contributed by atoms with Gasteiger partial charge in [0, 0.05) is 25.3 Å². The number of methoxy groups -OCH3 is 2. The van der Waals surface area contributed by atoms with Crippen LogP contribution >= 0.6 is 11.6 Å². The van der Waals surface area contributed by atoms with Crippen LogP contribution in [0, 0.1) is 5.92 Å². The van der Waals surface area contributed by atoms with Crippen molar-refractivity contribution in [2.45, 2.75) is 39.7 Å². The van der Waals surface area contributed by atoms with Gasteiger partial charge in [-0.25, -0.2) is 0 Å². The lowest BCUT2D eigenvalue weighted by atomic mass is 10.1. The SMILES string of the molecule is COCCC(C)NC(=O)c1cc(Cl)c(OCCC(C)C)c(OC)c1. The number of hydrogen-bond donors (Lipinski definition) is 1. The lowest BCUT2D eigenvalue weighted by molar-refractivity contribution is 0.0929. The number of rotatable bonds is 10. The first-order valence-electron chi connectivity index (χ1n) is 8.19. The Morgan fingerprint density at radius 2 is 1.88 bits per heavy atom. The van der Waals surface area contributed by atoms with Gasteiger partial charge in [0.2, 0.25) is 0 Å². The van der Waals surface area contributed by atoms with Gasteiger partial charge in [-0.15, -0.1) is 0 Å². The average Bonchev–Trinajstić information content (AvgIpc) is 2.53. The summed E-state index contributed by atoms with van der Waals surface area (Å²) in [5.74, 6) is 1.27. The molecule has 1 atom stereocenters. The van der Waals surface area contributed by atoms with Crippen molar-refractivity contribution in [3.8, 4) is 11.5 Å². The van der Waals surface area contributed by atoms with E-state index in [0.29, 0.717) is 41.2 Å². The van der Waals surface area contributed by atoms with Gasteiger partial charge >= 0.3 is 0 Å². The number of carbonyl (C=O) groups is 1. The second-order valence-electron chi connectivity index (χ2n) is 6.18. The lowest BCUT2D eigenvalue weighted by Crippen LogP contribution is -2.33. The molecule has 6 heteroatoms. The van der Waals surface area contributed by atoms with Crippen LogP contribution in [-0.2, 0) is 4.74 Å². The zero-order valence-electron chi connectivity index (χ0n) is 15.1. The first-order chi connectivity index (χ1) is 11.4. The van der Waals surface area contributed by atoms with E-state index < -0.39 is 0 Å². The highest BCUT2D eigenvalue weighted by Crippen LogP contribution is 2.36. The Morgan fingerprint density at radius 1 is 1.17 bits per heavy atom. The Bertz CT molecular complexity index is 534. The van der Waals surface area contributed by atoms with E-state index in [4.69, 9.17) is 25.8 Å². The van der Waals surface area contributed by atoms with Crippen LogP contribution in [0.2, 0.25) is 5.02 Å². The first kappa shape index (κ1) is 20.6. The fourth-order valence-corrected chi connectivity index (χ4v) is 2.33. The number of benzene rings is 1. The van der Waals surface area contributed by atoms with Crippen molar-refractivity contribution in [1.29, 1.82) is 0 Å². The molecule has 0 bridgehead atoms. The Labute approximate surface area is 149 Å². The molecule has 0 saturated heterocycles. The average molecular weight is 358 g/mol. The molecule has 0 fully saturated rings. The number of carbonyl (C=O) groups excluding carboxylic acids is 1. The molecule has 1 rings (SSSR count). The maximum absolute atomic E-state index is 12.3. The normalized spacial score (nSPS) is 12.1. The highest BCUT2D eigenvalue weighted by Gasteiger charge is 2.17. The van der Waals surface area contributed by atoms with Crippen LogP contribution in [0.15, 0.2) is 12.1 Å². The zero-order valence-corrected chi connectivity index (χ0v) is 15.9. The van der Waals surface area contributed by atoms with E-state index in [-0.39, 0.29) is 11.9 Å². The molecule has 0 radical (unpaired) electrons. The van der Waals surface area contributed by atoms with Gasteiger partial charge in [-0.05, 0) is 37.8 Å². The van der Waals surface area contributed by atoms with Crippen LogP contribution in [0.3, 0.4) is 0 Å². The number of nitrogens with one attached hydrogen (secondary N) is 1. The molecule has 1 aromatic rings. The Kier molecular flexibility index (Phi) is 8.93. The third-order valence-corrected chi connectivity index (χ3v) is 3.85. The van der Waals surface area contributed by atoms with Gasteiger partial charge in [0.1, 0.15) is 0 Å². The second-order valence-corrected chi connectivity index (χ2v) is 6.58. The van der Waals surface area contributed by atoms with Gasteiger partial charge in [-0.1, -0.05) is 25.4 Å². The number of amides is 1. The molecule has 136 valence electrons. The van der Waals surface area contributed by atoms with Crippen LogP contribution in [0.1, 0.15) is 44.0 Å². The Morgan fingerprint density at radius 3 is 2.46 bits per heavy atom. The van der Waals surface area contributed by atoms with Crippen LogP contribution in [0.4, 0.5) is 0 Å². The predicted octanol–water partition coefficient (Wildman–Crippen LogP) is 3.93. The summed E-state index contributed by atoms with van der Waals surface area (Å²) >= 11 is 6.29. The molecule has 1 unspecified atom stereocenters. The molecule has 24 heavy (non-hydrogen) atoms. The first-order valence-corrected chi connectivity index (χ1v) is 8.57. The third kappa shape index (κ3) is 6.57. The molecule has 1 N–H and O–H groups in total. The summed E-state index contributed by atoms with van der Waals surface area (Å²) in [6, 6.07) is 3.26. The van der Waals surface area contributed by atoms with Crippen molar-refractivity contribution in [2.75, 3.05) is 27.4 Å². The standard InChI is InChI=1S/C18H28ClNO4/c1-12(2)6-9-24-17-15(19)10-14(11-16(17)23-5)18(21)20-13(3)7-8-22-4/h10-13H,6-9H2,1-5H3,(H,20,21). The van der Waals surface area contributed by atoms with Crippen molar-refractivity contribution < 1.29 is 19.0 Å². The van der Waals surface area contributed by atoms with E-state index in [1.807, 2.05) is 6.92 Å². The smallest absolute Gasteiger partial charge is 0.251 e. The minimum atomic E-state index is -0.201. The molecule has 1 amide bonds. The summed E-state index contributed by atoms with van der Waals surface area (Å²) < 4.78 is 16.1. The van der Waals surface area contributed by atoms with Crippen LogP contribution in [-0.4, -0.2) is 39.4 Å². The van der Waals surface area contributed by atoms with Crippen molar-refractivity contribution in [1.82, 2.24) is 5.32 Å². The van der Waals surface area contributed by atoms with E-state index in [1.54, 1.807) is 19.2 Å². The van der Waals surface area contributed by atoms with E-state index in [1.165, 1.54) is 7.11 Å². The summed E-state index contributed by atoms with van der Waals surface area (Å²) in [5.41, 5.74) is 0.442. The van der Waals surface area contributed by atoms with Gasteiger partial charge < -0.3 is 19.5 Å². The van der Waals surface area contributed by atoms with Crippen LogP contribution in [0.5, 0.6) is 11.5 Å². The fourth-order valence-electron chi connectivity index (χ4n) is 2.06. The summed E-state index contributed by atoms with van der Waals surface area (Å²) in [7, 11) is 3.17. The zero-order chi connectivity index (χ0) is 18.1. The van der Waals surface area contributed by atoms with Gasteiger partial charge in [-0.2, -0.15) is 0 Å². The number of ether oxygens (including phenoxy) is 3. The minimum Gasteiger partial charge on any atom is -0.493 e. The maximum Gasteiger partial charge on any atom is 0.251 e. The van der Waals surface area contributed by atoms with E-state index >= 15 is 0 Å². The van der Waals surface area contributed by atoms with E-state index in [9.17, 15) is 4.79 Å². The molecule has 0 aliphatic rings. The van der Waals surface area contributed by atoms with Gasteiger partial charge in [0.25, 0.3) is 5.91 Å². The van der Waals surface area contributed by atoms with E-state index in [0.717, 1.165) is 12.8 Å². The Hall–Kier alpha value is -1.46. The summed E-state index contributed by atoms with van der Waals surface area (Å²) in [4.78, 5) is 12.3. The summed E-state index contributed by atoms with van der Waals surface area (Å²) in [5, 5.41) is 3.28. The van der Waals surface area contributed by atoms with Gasteiger partial charge in [-0.3, -0.25) is 4.79 Å². The number of halogens is 1. The molecule has 0 aromatic heterocycles. The molecule has 0 aliphatic heterocycles. The summed E-state index contributed by atoms with van der Waals surface area (Å²) in [6.07, 6.45) is 1.65. The van der Waals surface area contributed by atoms with Crippen molar-refractivity contribution >= 4 is 17.5 Å². The molecule has 1 aromatic carbocycles. The van der Waals surface area contributed by atoms with Gasteiger partial charge in [0.05, 0.1) is 18.7 Å². The van der Waals surface area contributed by atoms with Crippen LogP contribution in [0.25, 0.3) is 0 Å². The summed E-state index contributed by atoms with van der Waals surface area (Å²) in [6.45, 7) is 7.32. The van der Waals surface area contributed by atoms with Crippen molar-refractivity contribution in [3.63, 3.8) is 0 Å². The predicted molar refractivity (Wildman–Crippen MR) is 96.4 cm³/mol. The topological polar surface area (TPSA) is 56.8 Å². The molecule has 5 nitrogen and oxygen atoms in total. The third-order valence-electron chi connectivity index (χ3n) is 3.57. The maximum atomic E-state index is 12.3. The highest BCUT2D eigenvalue weighted by molar-refractivity contribution is 6.32. The highest BCUT2D eigenvalue weighted by atomic mass is 35.5. The number of hydrogen-bond acceptors (Lipinski definition) is 4. The Balaban J connectivity index is 2.83. The van der Waals surface area contributed by atoms with Crippen molar-refractivity contribution in [3.05, 3.63) is 22.7 Å². The molecule has 0 heterocycles. The van der Waals surface area contributed by atoms with Gasteiger partial charge in [0.15, 0.2) is 11.5 Å². The lowest BCUT2D eigenvalue weighted by Gasteiger charge is -2.16. The van der Waals surface area contributed by atoms with Crippen molar-refractivity contribution in [2.24, 2.45) is 5.92 Å². The molecule has 0 spiro atoms. The fraction of sp³-hybridized carbons (Fsp3) is 0.611. The molecule has 0 aliphatic carbocycles. The minimum absolute atomic E-state index is 0.00388. The molecular weight excluding hydrogens is 330 g/mol. The van der Waals surface area contributed by atoms with Crippen LogP contribution < -0.4 is 14.8 Å².